The lowest BCUT2D eigenvalue weighted by Crippen LogP contribution is -2.18. The van der Waals surface area contributed by atoms with Crippen LogP contribution in [0.3, 0.4) is 0 Å². The molecule has 1 amide bonds. The van der Waals surface area contributed by atoms with Gasteiger partial charge in [0.2, 0.25) is 5.91 Å². The molecule has 4 nitrogen and oxygen atoms in total. The Hall–Kier alpha value is -1.84. The predicted octanol–water partition coefficient (Wildman–Crippen LogP) is 2.81. The summed E-state index contributed by atoms with van der Waals surface area (Å²) < 4.78 is 0. The van der Waals surface area contributed by atoms with Gasteiger partial charge < -0.3 is 5.11 Å². The van der Waals surface area contributed by atoms with E-state index in [2.05, 4.69) is 17.5 Å². The number of carbonyl (C=O) groups is 1. The fourth-order valence-electron chi connectivity index (χ4n) is 1.53. The lowest BCUT2D eigenvalue weighted by atomic mass is 10.1. The van der Waals surface area contributed by atoms with Crippen molar-refractivity contribution in [2.24, 2.45) is 5.10 Å². The van der Waals surface area contributed by atoms with E-state index in [1.165, 1.54) is 0 Å². The molecule has 0 unspecified atom stereocenters. The van der Waals surface area contributed by atoms with Crippen molar-refractivity contribution >= 4 is 11.6 Å². The number of nitrogens with one attached hydrogen (secondary N) is 1. The molecule has 0 fully saturated rings. The second-order valence-electron chi connectivity index (χ2n) is 4.24. The molecule has 1 aromatic carbocycles. The molecule has 98 valence electrons. The first-order valence-corrected chi connectivity index (χ1v) is 6.26. The first kappa shape index (κ1) is 14.2. The van der Waals surface area contributed by atoms with E-state index in [1.807, 2.05) is 6.07 Å². The van der Waals surface area contributed by atoms with Gasteiger partial charge in [-0.2, -0.15) is 5.10 Å². The van der Waals surface area contributed by atoms with Gasteiger partial charge in [0.05, 0.1) is 5.71 Å². The first-order chi connectivity index (χ1) is 8.63. The third kappa shape index (κ3) is 4.99. The van der Waals surface area contributed by atoms with Crippen LogP contribution in [0.1, 0.15) is 45.1 Å². The van der Waals surface area contributed by atoms with Crippen LogP contribution >= 0.6 is 0 Å². The number of rotatable bonds is 6. The molecular weight excluding hydrogens is 228 g/mol. The highest BCUT2D eigenvalue weighted by atomic mass is 16.3. The second kappa shape index (κ2) is 7.48. The van der Waals surface area contributed by atoms with E-state index in [9.17, 15) is 9.90 Å². The summed E-state index contributed by atoms with van der Waals surface area (Å²) in [5, 5.41) is 13.4. The van der Waals surface area contributed by atoms with Crippen LogP contribution in [0.4, 0.5) is 0 Å². The Morgan fingerprint density at radius 2 is 2.17 bits per heavy atom. The Kier molecular flexibility index (Phi) is 5.91. The van der Waals surface area contributed by atoms with E-state index in [-0.39, 0.29) is 11.7 Å². The fraction of sp³-hybridized carbons (Fsp3) is 0.429. The van der Waals surface area contributed by atoms with Crippen molar-refractivity contribution in [2.75, 3.05) is 0 Å². The van der Waals surface area contributed by atoms with Crippen LogP contribution in [-0.4, -0.2) is 16.7 Å². The van der Waals surface area contributed by atoms with Crippen molar-refractivity contribution < 1.29 is 9.90 Å². The van der Waals surface area contributed by atoms with Crippen LogP contribution in [-0.2, 0) is 4.79 Å². The third-order valence-corrected chi connectivity index (χ3v) is 2.62. The summed E-state index contributed by atoms with van der Waals surface area (Å²) >= 11 is 0. The predicted molar refractivity (Wildman–Crippen MR) is 72.6 cm³/mol. The topological polar surface area (TPSA) is 61.7 Å². The summed E-state index contributed by atoms with van der Waals surface area (Å²) in [6.45, 7) is 3.89. The van der Waals surface area contributed by atoms with Crippen molar-refractivity contribution in [3.05, 3.63) is 29.8 Å². The molecule has 0 saturated carbocycles. The normalized spacial score (nSPS) is 11.3. The largest absolute Gasteiger partial charge is 0.508 e. The van der Waals surface area contributed by atoms with Gasteiger partial charge in [-0.15, -0.1) is 0 Å². The number of aromatic hydroxyl groups is 1. The minimum absolute atomic E-state index is 0.0667. The summed E-state index contributed by atoms with van der Waals surface area (Å²) in [6.07, 6.45) is 3.55. The van der Waals surface area contributed by atoms with Crippen LogP contribution in [0.15, 0.2) is 29.4 Å². The van der Waals surface area contributed by atoms with E-state index in [4.69, 9.17) is 0 Å². The molecule has 0 bridgehead atoms. The van der Waals surface area contributed by atoms with E-state index in [0.29, 0.717) is 12.1 Å². The van der Waals surface area contributed by atoms with Gasteiger partial charge in [0.15, 0.2) is 0 Å². The standard InChI is InChI=1S/C14H20N2O2/c1-3-4-5-9-14(18)16-15-11(2)12-7-6-8-13(17)10-12/h6-8,10,17H,3-5,9H2,1-2H3,(H,16,18)/b15-11+. The van der Waals surface area contributed by atoms with Crippen LogP contribution in [0.25, 0.3) is 0 Å². The lowest BCUT2D eigenvalue weighted by molar-refractivity contribution is -0.121. The van der Waals surface area contributed by atoms with Crippen molar-refractivity contribution in [3.63, 3.8) is 0 Å². The van der Waals surface area contributed by atoms with E-state index < -0.39 is 0 Å². The van der Waals surface area contributed by atoms with Crippen LogP contribution < -0.4 is 5.43 Å². The van der Waals surface area contributed by atoms with E-state index >= 15 is 0 Å². The fourth-order valence-corrected chi connectivity index (χ4v) is 1.53. The monoisotopic (exact) mass is 248 g/mol. The third-order valence-electron chi connectivity index (χ3n) is 2.62. The smallest absolute Gasteiger partial charge is 0.240 e. The van der Waals surface area contributed by atoms with Crippen molar-refractivity contribution in [1.82, 2.24) is 5.43 Å². The van der Waals surface area contributed by atoms with Crippen LogP contribution in [0, 0.1) is 0 Å². The number of phenols is 1. The summed E-state index contributed by atoms with van der Waals surface area (Å²) in [7, 11) is 0. The summed E-state index contributed by atoms with van der Waals surface area (Å²) in [6, 6.07) is 6.79. The van der Waals surface area contributed by atoms with Gasteiger partial charge in [0.1, 0.15) is 5.75 Å². The molecule has 1 aromatic rings. The highest BCUT2D eigenvalue weighted by molar-refractivity contribution is 5.99. The zero-order chi connectivity index (χ0) is 13.4. The highest BCUT2D eigenvalue weighted by Gasteiger charge is 2.01. The molecule has 0 radical (unpaired) electrons. The molecule has 0 aliphatic rings. The van der Waals surface area contributed by atoms with Gasteiger partial charge >= 0.3 is 0 Å². The van der Waals surface area contributed by atoms with Crippen LogP contribution in [0.2, 0.25) is 0 Å². The molecule has 0 heterocycles. The number of unbranched alkanes of at least 4 members (excludes halogenated alkanes) is 2. The SMILES string of the molecule is CCCCCC(=O)N/N=C(\C)c1cccc(O)c1. The number of phenolic OH excluding ortho intramolecular Hbond substituents is 1. The Morgan fingerprint density at radius 3 is 2.83 bits per heavy atom. The quantitative estimate of drug-likeness (QED) is 0.462. The molecule has 0 saturated heterocycles. The zero-order valence-electron chi connectivity index (χ0n) is 10.9. The number of hydrogen-bond donors (Lipinski definition) is 2. The van der Waals surface area contributed by atoms with Gasteiger partial charge in [-0.25, -0.2) is 5.43 Å². The number of hydrogen-bond acceptors (Lipinski definition) is 3. The number of amides is 1. The molecule has 0 atom stereocenters. The Morgan fingerprint density at radius 1 is 1.39 bits per heavy atom. The minimum atomic E-state index is -0.0667. The molecule has 4 heteroatoms. The molecule has 0 spiro atoms. The lowest BCUT2D eigenvalue weighted by Gasteiger charge is -2.03. The average molecular weight is 248 g/mol. The van der Waals surface area contributed by atoms with Gasteiger partial charge in [-0.1, -0.05) is 31.9 Å². The van der Waals surface area contributed by atoms with Gasteiger partial charge in [-0.05, 0) is 25.5 Å². The average Bonchev–Trinajstić information content (AvgIpc) is 2.36. The molecule has 0 aromatic heterocycles. The summed E-state index contributed by atoms with van der Waals surface area (Å²) in [4.78, 5) is 11.5. The van der Waals surface area contributed by atoms with Crippen molar-refractivity contribution in [1.29, 1.82) is 0 Å². The molecule has 0 aliphatic heterocycles. The first-order valence-electron chi connectivity index (χ1n) is 6.26. The summed E-state index contributed by atoms with van der Waals surface area (Å²) in [5.41, 5.74) is 4.00. The summed E-state index contributed by atoms with van der Waals surface area (Å²) in [5.74, 6) is 0.124. The Labute approximate surface area is 108 Å². The van der Waals surface area contributed by atoms with Crippen LogP contribution in [0.5, 0.6) is 5.75 Å². The maximum absolute atomic E-state index is 11.5. The Balaban J connectivity index is 2.49. The molecule has 0 aliphatic carbocycles. The zero-order valence-corrected chi connectivity index (χ0v) is 10.9. The van der Waals surface area contributed by atoms with Crippen molar-refractivity contribution in [2.45, 2.75) is 39.5 Å². The highest BCUT2D eigenvalue weighted by Crippen LogP contribution is 2.11. The molecular formula is C14H20N2O2. The second-order valence-corrected chi connectivity index (χ2v) is 4.24. The molecule has 2 N–H and O–H groups in total. The maximum Gasteiger partial charge on any atom is 0.240 e. The van der Waals surface area contributed by atoms with Gasteiger partial charge in [-0.3, -0.25) is 4.79 Å². The molecule has 1 rings (SSSR count). The minimum Gasteiger partial charge on any atom is -0.508 e. The molecule has 18 heavy (non-hydrogen) atoms. The number of hydrazone groups is 1. The Bertz CT molecular complexity index is 428. The number of nitrogens with zero attached hydrogens (tertiary/aromatic N) is 1. The van der Waals surface area contributed by atoms with Gasteiger partial charge in [0, 0.05) is 12.0 Å². The number of carbonyl (C=O) groups excluding carboxylic acids is 1. The van der Waals surface area contributed by atoms with Gasteiger partial charge in [0.25, 0.3) is 0 Å². The van der Waals surface area contributed by atoms with E-state index in [0.717, 1.165) is 24.8 Å². The number of benzene rings is 1. The van der Waals surface area contributed by atoms with Crippen molar-refractivity contribution in [3.8, 4) is 5.75 Å². The maximum atomic E-state index is 11.5. The van der Waals surface area contributed by atoms with E-state index in [1.54, 1.807) is 25.1 Å².